The van der Waals surface area contributed by atoms with Crippen molar-refractivity contribution < 1.29 is 4.52 Å². The van der Waals surface area contributed by atoms with E-state index >= 15 is 0 Å². The Morgan fingerprint density at radius 1 is 1.62 bits per heavy atom. The second-order valence-electron chi connectivity index (χ2n) is 2.65. The Morgan fingerprint density at radius 2 is 2.46 bits per heavy atom. The Kier molecular flexibility index (Phi) is 1.73. The van der Waals surface area contributed by atoms with Crippen molar-refractivity contribution in [3.05, 3.63) is 34.8 Å². The largest absolute Gasteiger partial charge is 0.364 e. The highest BCUT2D eigenvalue weighted by Crippen LogP contribution is 1.95. The smallest absolute Gasteiger partial charge is 0.364 e. The van der Waals surface area contributed by atoms with Gasteiger partial charge in [0.1, 0.15) is 18.3 Å². The van der Waals surface area contributed by atoms with Gasteiger partial charge in [-0.2, -0.15) is 4.98 Å². The van der Waals surface area contributed by atoms with Crippen LogP contribution in [0.25, 0.3) is 0 Å². The van der Waals surface area contributed by atoms with Crippen LogP contribution in [0.15, 0.2) is 28.0 Å². The van der Waals surface area contributed by atoms with Crippen molar-refractivity contribution in [1.82, 2.24) is 19.5 Å². The third kappa shape index (κ3) is 1.37. The van der Waals surface area contributed by atoms with Crippen LogP contribution in [0.3, 0.4) is 0 Å². The summed E-state index contributed by atoms with van der Waals surface area (Å²) in [6.07, 6.45) is 2.93. The SMILES string of the molecule is Cn1cnc(=O)n1Cc1ccon1. The highest BCUT2D eigenvalue weighted by Gasteiger charge is 2.03. The first-order valence-electron chi connectivity index (χ1n) is 3.75. The van der Waals surface area contributed by atoms with Crippen LogP contribution in [0.5, 0.6) is 0 Å². The van der Waals surface area contributed by atoms with Gasteiger partial charge in [0.05, 0.1) is 6.54 Å². The molecular weight excluding hydrogens is 172 g/mol. The van der Waals surface area contributed by atoms with Gasteiger partial charge < -0.3 is 4.52 Å². The molecule has 0 fully saturated rings. The van der Waals surface area contributed by atoms with Crippen LogP contribution in [0.4, 0.5) is 0 Å². The molecule has 0 N–H and O–H groups in total. The summed E-state index contributed by atoms with van der Waals surface area (Å²) in [7, 11) is 1.74. The van der Waals surface area contributed by atoms with Gasteiger partial charge in [0.15, 0.2) is 0 Å². The molecule has 0 amide bonds. The Hall–Kier alpha value is -1.85. The van der Waals surface area contributed by atoms with E-state index in [0.717, 1.165) is 0 Å². The summed E-state index contributed by atoms with van der Waals surface area (Å²) in [5, 5.41) is 3.70. The molecule has 2 aromatic heterocycles. The van der Waals surface area contributed by atoms with Crippen molar-refractivity contribution in [3.63, 3.8) is 0 Å². The van der Waals surface area contributed by atoms with Gasteiger partial charge in [0.25, 0.3) is 0 Å². The zero-order valence-electron chi connectivity index (χ0n) is 7.04. The predicted molar refractivity (Wildman–Crippen MR) is 43.1 cm³/mol. The fraction of sp³-hybridized carbons (Fsp3) is 0.286. The monoisotopic (exact) mass is 180 g/mol. The zero-order valence-corrected chi connectivity index (χ0v) is 7.04. The van der Waals surface area contributed by atoms with Gasteiger partial charge in [-0.15, -0.1) is 0 Å². The molecule has 2 heterocycles. The third-order valence-corrected chi connectivity index (χ3v) is 1.74. The highest BCUT2D eigenvalue weighted by atomic mass is 16.5. The predicted octanol–water partition coefficient (Wildman–Crippen LogP) is -0.382. The fourth-order valence-corrected chi connectivity index (χ4v) is 1.05. The summed E-state index contributed by atoms with van der Waals surface area (Å²) in [6, 6.07) is 1.71. The maximum Gasteiger partial charge on any atom is 0.364 e. The number of rotatable bonds is 2. The molecule has 0 saturated carbocycles. The average Bonchev–Trinajstić information content (AvgIpc) is 2.70. The van der Waals surface area contributed by atoms with Gasteiger partial charge in [-0.05, 0) is 0 Å². The van der Waals surface area contributed by atoms with Gasteiger partial charge in [0, 0.05) is 13.1 Å². The fourth-order valence-electron chi connectivity index (χ4n) is 1.05. The molecule has 2 aromatic rings. The van der Waals surface area contributed by atoms with Crippen LogP contribution in [-0.2, 0) is 13.6 Å². The van der Waals surface area contributed by atoms with Crippen molar-refractivity contribution in [2.24, 2.45) is 7.05 Å². The average molecular weight is 180 g/mol. The minimum Gasteiger partial charge on any atom is -0.364 e. The zero-order chi connectivity index (χ0) is 9.26. The second kappa shape index (κ2) is 2.89. The van der Waals surface area contributed by atoms with Crippen LogP contribution in [0, 0.1) is 0 Å². The van der Waals surface area contributed by atoms with Crippen LogP contribution < -0.4 is 5.69 Å². The second-order valence-corrected chi connectivity index (χ2v) is 2.65. The van der Waals surface area contributed by atoms with E-state index in [2.05, 4.69) is 14.7 Å². The number of aromatic nitrogens is 4. The summed E-state index contributed by atoms with van der Waals surface area (Å²) in [4.78, 5) is 14.7. The molecule has 0 bridgehead atoms. The van der Waals surface area contributed by atoms with E-state index in [1.165, 1.54) is 17.3 Å². The molecule has 68 valence electrons. The first kappa shape index (κ1) is 7.78. The normalized spacial score (nSPS) is 10.5. The van der Waals surface area contributed by atoms with Gasteiger partial charge in [0.2, 0.25) is 0 Å². The van der Waals surface area contributed by atoms with Crippen molar-refractivity contribution in [3.8, 4) is 0 Å². The Bertz CT molecular complexity index is 439. The van der Waals surface area contributed by atoms with Crippen LogP contribution >= 0.6 is 0 Å². The summed E-state index contributed by atoms with van der Waals surface area (Å²) >= 11 is 0. The summed E-state index contributed by atoms with van der Waals surface area (Å²) in [5.74, 6) is 0. The summed E-state index contributed by atoms with van der Waals surface area (Å²) < 4.78 is 7.71. The molecule has 0 saturated heterocycles. The van der Waals surface area contributed by atoms with Crippen molar-refractivity contribution in [2.45, 2.75) is 6.54 Å². The van der Waals surface area contributed by atoms with Crippen LogP contribution in [0.2, 0.25) is 0 Å². The van der Waals surface area contributed by atoms with Gasteiger partial charge >= 0.3 is 5.69 Å². The Morgan fingerprint density at radius 3 is 3.00 bits per heavy atom. The lowest BCUT2D eigenvalue weighted by atomic mass is 10.4. The number of hydrogen-bond donors (Lipinski definition) is 0. The standard InChI is InChI=1S/C7H8N4O2/c1-10-5-8-7(12)11(10)4-6-2-3-13-9-6/h2-3,5H,4H2,1H3. The van der Waals surface area contributed by atoms with Gasteiger partial charge in [-0.3, -0.25) is 4.68 Å². The molecule has 0 radical (unpaired) electrons. The van der Waals surface area contributed by atoms with Gasteiger partial charge in [-0.25, -0.2) is 9.48 Å². The molecular formula is C7H8N4O2. The van der Waals surface area contributed by atoms with E-state index in [0.29, 0.717) is 12.2 Å². The molecule has 0 aliphatic carbocycles. The lowest BCUT2D eigenvalue weighted by Gasteiger charge is -2.01. The van der Waals surface area contributed by atoms with Crippen molar-refractivity contribution in [1.29, 1.82) is 0 Å². The van der Waals surface area contributed by atoms with E-state index in [9.17, 15) is 4.79 Å². The lowest BCUT2D eigenvalue weighted by molar-refractivity contribution is 0.403. The summed E-state index contributed by atoms with van der Waals surface area (Å²) in [6.45, 7) is 0.381. The quantitative estimate of drug-likeness (QED) is 0.631. The van der Waals surface area contributed by atoms with E-state index in [4.69, 9.17) is 0 Å². The van der Waals surface area contributed by atoms with Crippen LogP contribution in [-0.4, -0.2) is 19.5 Å². The minimum atomic E-state index is -0.287. The lowest BCUT2D eigenvalue weighted by Crippen LogP contribution is -2.22. The molecule has 6 nitrogen and oxygen atoms in total. The molecule has 0 aliphatic heterocycles. The molecule has 0 atom stereocenters. The molecule has 0 unspecified atom stereocenters. The van der Waals surface area contributed by atoms with E-state index in [-0.39, 0.29) is 5.69 Å². The summed E-state index contributed by atoms with van der Waals surface area (Å²) in [5.41, 5.74) is 0.413. The number of nitrogens with zero attached hydrogens (tertiary/aromatic N) is 4. The van der Waals surface area contributed by atoms with E-state index in [1.54, 1.807) is 17.8 Å². The molecule has 6 heteroatoms. The van der Waals surface area contributed by atoms with E-state index < -0.39 is 0 Å². The third-order valence-electron chi connectivity index (χ3n) is 1.74. The minimum absolute atomic E-state index is 0.287. The van der Waals surface area contributed by atoms with Crippen molar-refractivity contribution >= 4 is 0 Å². The Balaban J connectivity index is 2.33. The number of hydrogen-bond acceptors (Lipinski definition) is 4. The van der Waals surface area contributed by atoms with Crippen molar-refractivity contribution in [2.75, 3.05) is 0 Å². The maximum absolute atomic E-state index is 11.1. The Labute approximate surface area is 73.4 Å². The molecule has 0 spiro atoms. The van der Waals surface area contributed by atoms with Gasteiger partial charge in [-0.1, -0.05) is 5.16 Å². The highest BCUT2D eigenvalue weighted by molar-refractivity contribution is 4.95. The first-order valence-corrected chi connectivity index (χ1v) is 3.75. The number of aryl methyl sites for hydroxylation is 1. The van der Waals surface area contributed by atoms with E-state index in [1.807, 2.05) is 0 Å². The molecule has 13 heavy (non-hydrogen) atoms. The maximum atomic E-state index is 11.1. The molecule has 0 aliphatic rings. The topological polar surface area (TPSA) is 65.8 Å². The van der Waals surface area contributed by atoms with Crippen LogP contribution in [0.1, 0.15) is 5.69 Å². The first-order chi connectivity index (χ1) is 6.27. The molecule has 2 rings (SSSR count). The molecule has 0 aromatic carbocycles.